The molecule has 0 bridgehead atoms. The van der Waals surface area contributed by atoms with Gasteiger partial charge in [0.15, 0.2) is 0 Å². The summed E-state index contributed by atoms with van der Waals surface area (Å²) in [6.45, 7) is 0.831. The number of nitrogens with two attached hydrogens (primary N) is 2. The molecule has 1 aliphatic carbocycles. The Morgan fingerprint density at radius 3 is 2.57 bits per heavy atom. The molecule has 0 amide bonds. The lowest BCUT2D eigenvalue weighted by molar-refractivity contribution is 0.329. The molecular weight excluding hydrogens is 176 g/mol. The zero-order chi connectivity index (χ0) is 9.97. The van der Waals surface area contributed by atoms with Crippen LogP contribution >= 0.6 is 0 Å². The van der Waals surface area contributed by atoms with Gasteiger partial charge in [-0.15, -0.1) is 0 Å². The highest BCUT2D eigenvalue weighted by Gasteiger charge is 2.22. The van der Waals surface area contributed by atoms with Gasteiger partial charge in [0, 0.05) is 17.7 Å². The van der Waals surface area contributed by atoms with Gasteiger partial charge in [-0.3, -0.25) is 5.10 Å². The van der Waals surface area contributed by atoms with Gasteiger partial charge in [-0.05, 0) is 38.1 Å². The van der Waals surface area contributed by atoms with E-state index in [0.29, 0.717) is 11.7 Å². The Morgan fingerprint density at radius 2 is 2.07 bits per heavy atom. The van der Waals surface area contributed by atoms with Gasteiger partial charge in [-0.1, -0.05) is 0 Å². The number of nitrogens with zero attached hydrogens (tertiary/aromatic N) is 1. The van der Waals surface area contributed by atoms with Crippen molar-refractivity contribution in [3.05, 3.63) is 11.8 Å². The SMILES string of the molecule is NCC1CCC(c2cc(N)n[nH]2)CC1. The molecule has 1 heterocycles. The average molecular weight is 194 g/mol. The first kappa shape index (κ1) is 9.52. The van der Waals surface area contributed by atoms with Crippen molar-refractivity contribution < 1.29 is 0 Å². The van der Waals surface area contributed by atoms with Gasteiger partial charge in [0.25, 0.3) is 0 Å². The number of aromatic nitrogens is 2. The minimum Gasteiger partial charge on any atom is -0.382 e. The Hall–Kier alpha value is -1.03. The highest BCUT2D eigenvalue weighted by molar-refractivity contribution is 5.30. The van der Waals surface area contributed by atoms with E-state index in [4.69, 9.17) is 11.5 Å². The number of anilines is 1. The van der Waals surface area contributed by atoms with Crippen molar-refractivity contribution in [2.75, 3.05) is 12.3 Å². The number of H-pyrrole nitrogens is 1. The molecule has 0 radical (unpaired) electrons. The summed E-state index contributed by atoms with van der Waals surface area (Å²) in [7, 11) is 0. The van der Waals surface area contributed by atoms with E-state index < -0.39 is 0 Å². The van der Waals surface area contributed by atoms with Crippen molar-refractivity contribution in [1.29, 1.82) is 0 Å². The Balaban J connectivity index is 1.95. The molecule has 0 unspecified atom stereocenters. The average Bonchev–Trinajstić information content (AvgIpc) is 2.65. The van der Waals surface area contributed by atoms with Crippen LogP contribution in [0.15, 0.2) is 6.07 Å². The fourth-order valence-electron chi connectivity index (χ4n) is 2.27. The van der Waals surface area contributed by atoms with Crippen LogP contribution in [0.2, 0.25) is 0 Å². The van der Waals surface area contributed by atoms with Crippen LogP contribution in [0, 0.1) is 5.92 Å². The highest BCUT2D eigenvalue weighted by atomic mass is 15.2. The van der Waals surface area contributed by atoms with Gasteiger partial charge >= 0.3 is 0 Å². The quantitative estimate of drug-likeness (QED) is 0.662. The lowest BCUT2D eigenvalue weighted by Crippen LogP contribution is -2.20. The van der Waals surface area contributed by atoms with E-state index >= 15 is 0 Å². The van der Waals surface area contributed by atoms with Crippen molar-refractivity contribution in [3.63, 3.8) is 0 Å². The molecule has 1 aromatic rings. The maximum Gasteiger partial charge on any atom is 0.145 e. The summed E-state index contributed by atoms with van der Waals surface area (Å²) in [6.07, 6.45) is 4.90. The van der Waals surface area contributed by atoms with E-state index in [0.717, 1.165) is 12.5 Å². The Morgan fingerprint density at radius 1 is 1.36 bits per heavy atom. The minimum atomic E-state index is 0.598. The third-order valence-electron chi connectivity index (χ3n) is 3.24. The molecule has 2 rings (SSSR count). The largest absolute Gasteiger partial charge is 0.382 e. The van der Waals surface area contributed by atoms with Crippen LogP contribution in [0.1, 0.15) is 37.3 Å². The molecule has 4 nitrogen and oxygen atoms in total. The summed E-state index contributed by atoms with van der Waals surface area (Å²) >= 11 is 0. The predicted octanol–water partition coefficient (Wildman–Crippen LogP) is 1.22. The number of nitrogen functional groups attached to an aromatic ring is 1. The topological polar surface area (TPSA) is 80.7 Å². The maximum absolute atomic E-state index is 5.65. The summed E-state index contributed by atoms with van der Waals surface area (Å²) in [5.41, 5.74) is 12.4. The number of hydrogen-bond donors (Lipinski definition) is 3. The lowest BCUT2D eigenvalue weighted by Gasteiger charge is -2.26. The second-order valence-corrected chi connectivity index (χ2v) is 4.20. The molecule has 0 aromatic carbocycles. The molecule has 0 aliphatic heterocycles. The summed E-state index contributed by atoms with van der Waals surface area (Å²) < 4.78 is 0. The van der Waals surface area contributed by atoms with E-state index in [-0.39, 0.29) is 0 Å². The van der Waals surface area contributed by atoms with Crippen molar-refractivity contribution in [2.24, 2.45) is 11.7 Å². The second kappa shape index (κ2) is 4.00. The molecule has 14 heavy (non-hydrogen) atoms. The van der Waals surface area contributed by atoms with E-state index in [9.17, 15) is 0 Å². The van der Waals surface area contributed by atoms with Crippen molar-refractivity contribution in [2.45, 2.75) is 31.6 Å². The highest BCUT2D eigenvalue weighted by Crippen LogP contribution is 2.34. The maximum atomic E-state index is 5.65. The second-order valence-electron chi connectivity index (χ2n) is 4.20. The van der Waals surface area contributed by atoms with Crippen LogP contribution in [0.5, 0.6) is 0 Å². The van der Waals surface area contributed by atoms with Crippen LogP contribution in [0.3, 0.4) is 0 Å². The smallest absolute Gasteiger partial charge is 0.145 e. The third kappa shape index (κ3) is 1.90. The van der Waals surface area contributed by atoms with E-state index in [1.54, 1.807) is 0 Å². The van der Waals surface area contributed by atoms with Gasteiger partial charge < -0.3 is 11.5 Å². The monoisotopic (exact) mass is 194 g/mol. The standard InChI is InChI=1S/C10H18N4/c11-6-7-1-3-8(4-2-7)9-5-10(12)14-13-9/h5,7-8H,1-4,6,11H2,(H3,12,13,14). The van der Waals surface area contributed by atoms with Gasteiger partial charge in [0.05, 0.1) is 0 Å². The number of nitrogens with one attached hydrogen (secondary N) is 1. The molecule has 0 saturated heterocycles. The van der Waals surface area contributed by atoms with Gasteiger partial charge in [0.1, 0.15) is 5.82 Å². The molecule has 1 aliphatic rings. The molecule has 4 heteroatoms. The van der Waals surface area contributed by atoms with Crippen LogP contribution in [-0.4, -0.2) is 16.7 Å². The molecule has 5 N–H and O–H groups in total. The predicted molar refractivity (Wildman–Crippen MR) is 56.8 cm³/mol. The minimum absolute atomic E-state index is 0.598. The number of rotatable bonds is 2. The first-order valence-electron chi connectivity index (χ1n) is 5.30. The van der Waals surface area contributed by atoms with Crippen LogP contribution in [0.25, 0.3) is 0 Å². The van der Waals surface area contributed by atoms with Crippen molar-refractivity contribution in [3.8, 4) is 0 Å². The zero-order valence-electron chi connectivity index (χ0n) is 8.37. The Bertz CT molecular complexity index is 286. The van der Waals surface area contributed by atoms with E-state index in [2.05, 4.69) is 10.2 Å². The molecule has 0 atom stereocenters. The Labute approximate surface area is 84.1 Å². The normalized spacial score (nSPS) is 27.8. The summed E-state index contributed by atoms with van der Waals surface area (Å²) in [5.74, 6) is 1.94. The lowest BCUT2D eigenvalue weighted by atomic mass is 9.80. The van der Waals surface area contributed by atoms with Gasteiger partial charge in [0.2, 0.25) is 0 Å². The zero-order valence-corrected chi connectivity index (χ0v) is 8.37. The molecule has 0 spiro atoms. The van der Waals surface area contributed by atoms with Gasteiger partial charge in [-0.2, -0.15) is 5.10 Å². The van der Waals surface area contributed by atoms with Crippen LogP contribution < -0.4 is 11.5 Å². The summed E-state index contributed by atoms with van der Waals surface area (Å²) in [6, 6.07) is 1.95. The molecule has 1 aromatic heterocycles. The van der Waals surface area contributed by atoms with Crippen molar-refractivity contribution >= 4 is 5.82 Å². The molecule has 1 saturated carbocycles. The number of hydrogen-bond acceptors (Lipinski definition) is 3. The van der Waals surface area contributed by atoms with E-state index in [1.165, 1.54) is 31.4 Å². The summed E-state index contributed by atoms with van der Waals surface area (Å²) in [5, 5.41) is 6.96. The Kier molecular flexibility index (Phi) is 2.72. The van der Waals surface area contributed by atoms with Crippen LogP contribution in [0.4, 0.5) is 5.82 Å². The van der Waals surface area contributed by atoms with Gasteiger partial charge in [-0.25, -0.2) is 0 Å². The third-order valence-corrected chi connectivity index (χ3v) is 3.24. The van der Waals surface area contributed by atoms with Crippen LogP contribution in [-0.2, 0) is 0 Å². The molecular formula is C10H18N4. The number of aromatic amines is 1. The summed E-state index contributed by atoms with van der Waals surface area (Å²) in [4.78, 5) is 0. The fraction of sp³-hybridized carbons (Fsp3) is 0.700. The first-order chi connectivity index (χ1) is 6.79. The molecule has 78 valence electrons. The van der Waals surface area contributed by atoms with Crippen molar-refractivity contribution in [1.82, 2.24) is 10.2 Å². The fourth-order valence-corrected chi connectivity index (χ4v) is 2.27. The first-order valence-corrected chi connectivity index (χ1v) is 5.30. The van der Waals surface area contributed by atoms with E-state index in [1.807, 2.05) is 6.07 Å². The molecule has 1 fully saturated rings.